The van der Waals surface area contributed by atoms with Gasteiger partial charge in [0.1, 0.15) is 11.8 Å². The number of carbonyl (C=O) groups is 2. The van der Waals surface area contributed by atoms with E-state index in [1.54, 1.807) is 18.2 Å². The number of aliphatic carboxylic acids is 1. The molecule has 0 aliphatic carbocycles. The number of benzene rings is 2. The van der Waals surface area contributed by atoms with Crippen molar-refractivity contribution in [1.29, 1.82) is 0 Å². The van der Waals surface area contributed by atoms with Gasteiger partial charge in [0.15, 0.2) is 0 Å². The van der Waals surface area contributed by atoms with Crippen molar-refractivity contribution < 1.29 is 19.8 Å². The summed E-state index contributed by atoms with van der Waals surface area (Å²) in [7, 11) is 1.47. The molecule has 24 heavy (non-hydrogen) atoms. The van der Waals surface area contributed by atoms with Crippen LogP contribution < -0.4 is 0 Å². The lowest BCUT2D eigenvalue weighted by Gasteiger charge is -2.23. The molecule has 2 N–H and O–H groups in total. The molecule has 1 atom stereocenters. The molecule has 0 aliphatic rings. The van der Waals surface area contributed by atoms with Crippen LogP contribution in [0.25, 0.3) is 6.08 Å². The zero-order chi connectivity index (χ0) is 17.5. The van der Waals surface area contributed by atoms with Crippen molar-refractivity contribution in [2.45, 2.75) is 12.5 Å². The molecule has 0 saturated heterocycles. The zero-order valence-corrected chi connectivity index (χ0v) is 13.3. The largest absolute Gasteiger partial charge is 0.508 e. The maximum atomic E-state index is 12.2. The maximum absolute atomic E-state index is 12.2. The van der Waals surface area contributed by atoms with Gasteiger partial charge >= 0.3 is 5.97 Å². The van der Waals surface area contributed by atoms with Crippen molar-refractivity contribution in [3.63, 3.8) is 0 Å². The minimum atomic E-state index is -1.08. The predicted molar refractivity (Wildman–Crippen MR) is 91.5 cm³/mol. The van der Waals surface area contributed by atoms with E-state index < -0.39 is 12.0 Å². The van der Waals surface area contributed by atoms with Crippen LogP contribution in [0.1, 0.15) is 11.1 Å². The number of hydrogen-bond acceptors (Lipinski definition) is 3. The molecule has 0 heterocycles. The quantitative estimate of drug-likeness (QED) is 0.800. The van der Waals surface area contributed by atoms with E-state index in [1.165, 1.54) is 30.2 Å². The SMILES string of the molecule is CN(C(=O)/C=C/c1ccccc1)[C@@H](Cc1ccc(O)cc1)C(=O)O. The summed E-state index contributed by atoms with van der Waals surface area (Å²) >= 11 is 0. The van der Waals surface area contributed by atoms with E-state index in [-0.39, 0.29) is 18.1 Å². The Hall–Kier alpha value is -3.08. The first-order valence-electron chi connectivity index (χ1n) is 7.48. The number of nitrogens with zero attached hydrogens (tertiary/aromatic N) is 1. The molecule has 1 amide bonds. The van der Waals surface area contributed by atoms with Gasteiger partial charge in [0.05, 0.1) is 0 Å². The van der Waals surface area contributed by atoms with Gasteiger partial charge in [-0.1, -0.05) is 42.5 Å². The number of aromatic hydroxyl groups is 1. The molecule has 0 bridgehead atoms. The molecular weight excluding hydrogens is 306 g/mol. The second-order valence-electron chi connectivity index (χ2n) is 5.42. The van der Waals surface area contributed by atoms with Gasteiger partial charge in [-0.2, -0.15) is 0 Å². The highest BCUT2D eigenvalue weighted by Gasteiger charge is 2.25. The van der Waals surface area contributed by atoms with Crippen molar-refractivity contribution in [2.24, 2.45) is 0 Å². The lowest BCUT2D eigenvalue weighted by molar-refractivity contribution is -0.147. The fourth-order valence-corrected chi connectivity index (χ4v) is 2.25. The van der Waals surface area contributed by atoms with E-state index in [1.807, 2.05) is 30.3 Å². The molecule has 0 unspecified atom stereocenters. The van der Waals surface area contributed by atoms with Gasteiger partial charge in [-0.25, -0.2) is 4.79 Å². The fourth-order valence-electron chi connectivity index (χ4n) is 2.25. The molecule has 0 saturated carbocycles. The first-order valence-corrected chi connectivity index (χ1v) is 7.48. The molecule has 0 aromatic heterocycles. The molecule has 2 aromatic carbocycles. The summed E-state index contributed by atoms with van der Waals surface area (Å²) in [5, 5.41) is 18.7. The van der Waals surface area contributed by atoms with Crippen molar-refractivity contribution in [3.8, 4) is 5.75 Å². The number of carboxylic acids is 1. The number of carboxylic acid groups (broad SMARTS) is 1. The van der Waals surface area contributed by atoms with Crippen LogP contribution in [0.15, 0.2) is 60.7 Å². The highest BCUT2D eigenvalue weighted by Crippen LogP contribution is 2.14. The van der Waals surface area contributed by atoms with E-state index in [0.717, 1.165) is 11.1 Å². The number of amides is 1. The molecule has 0 radical (unpaired) electrons. The van der Waals surface area contributed by atoms with Gasteiger partial charge in [0.2, 0.25) is 5.91 Å². The highest BCUT2D eigenvalue weighted by molar-refractivity contribution is 5.94. The van der Waals surface area contributed by atoms with Gasteiger partial charge in [-0.05, 0) is 29.3 Å². The molecular formula is C19H19NO4. The van der Waals surface area contributed by atoms with Gasteiger partial charge in [0, 0.05) is 19.5 Å². The summed E-state index contributed by atoms with van der Waals surface area (Å²) in [6.07, 6.45) is 3.18. The summed E-state index contributed by atoms with van der Waals surface area (Å²) < 4.78 is 0. The van der Waals surface area contributed by atoms with Crippen LogP contribution >= 0.6 is 0 Å². The highest BCUT2D eigenvalue weighted by atomic mass is 16.4. The standard InChI is InChI=1S/C19H19NO4/c1-20(18(22)12-9-14-5-3-2-4-6-14)17(19(23)24)13-15-7-10-16(21)11-8-15/h2-12,17,21H,13H2,1H3,(H,23,24)/b12-9+/t17-/m0/s1. The predicted octanol–water partition coefficient (Wildman–Crippen LogP) is 2.56. The molecule has 124 valence electrons. The van der Waals surface area contributed by atoms with E-state index in [4.69, 9.17) is 0 Å². The van der Waals surface area contributed by atoms with Crippen LogP contribution in [0.4, 0.5) is 0 Å². The lowest BCUT2D eigenvalue weighted by atomic mass is 10.0. The summed E-state index contributed by atoms with van der Waals surface area (Å²) in [5.74, 6) is -1.35. The second-order valence-corrected chi connectivity index (χ2v) is 5.42. The van der Waals surface area contributed by atoms with Crippen molar-refractivity contribution >= 4 is 18.0 Å². The van der Waals surface area contributed by atoms with Crippen LogP contribution in [0.3, 0.4) is 0 Å². The second kappa shape index (κ2) is 7.97. The van der Waals surface area contributed by atoms with Crippen LogP contribution in [0.5, 0.6) is 5.75 Å². The molecule has 2 rings (SSSR count). The molecule has 0 aliphatic heterocycles. The maximum Gasteiger partial charge on any atom is 0.326 e. The van der Waals surface area contributed by atoms with Crippen LogP contribution in [-0.4, -0.2) is 40.1 Å². The molecule has 5 heteroatoms. The van der Waals surface area contributed by atoms with Gasteiger partial charge in [-0.3, -0.25) is 4.79 Å². The van der Waals surface area contributed by atoms with E-state index in [2.05, 4.69) is 0 Å². The Morgan fingerprint density at radius 2 is 1.71 bits per heavy atom. The third-order valence-electron chi connectivity index (χ3n) is 3.68. The first kappa shape index (κ1) is 17.3. The Balaban J connectivity index is 2.09. The summed E-state index contributed by atoms with van der Waals surface area (Å²) in [6.45, 7) is 0. The number of likely N-dealkylation sites (N-methyl/N-ethyl adjacent to an activating group) is 1. The third-order valence-corrected chi connectivity index (χ3v) is 3.68. The Kier molecular flexibility index (Phi) is 5.73. The minimum absolute atomic E-state index is 0.112. The molecule has 2 aromatic rings. The smallest absolute Gasteiger partial charge is 0.326 e. The van der Waals surface area contributed by atoms with E-state index in [9.17, 15) is 19.8 Å². The summed E-state index contributed by atoms with van der Waals surface area (Å²) in [6, 6.07) is 14.6. The van der Waals surface area contributed by atoms with Gasteiger partial charge in [-0.15, -0.1) is 0 Å². The van der Waals surface area contributed by atoms with Gasteiger partial charge in [0.25, 0.3) is 0 Å². The topological polar surface area (TPSA) is 77.8 Å². The first-order chi connectivity index (χ1) is 11.5. The molecule has 0 fully saturated rings. The number of phenols is 1. The van der Waals surface area contributed by atoms with E-state index >= 15 is 0 Å². The van der Waals surface area contributed by atoms with Crippen LogP contribution in [0, 0.1) is 0 Å². The Bertz CT molecular complexity index is 723. The monoisotopic (exact) mass is 325 g/mol. The van der Waals surface area contributed by atoms with Crippen molar-refractivity contribution in [3.05, 3.63) is 71.8 Å². The average Bonchev–Trinajstić information content (AvgIpc) is 2.59. The third kappa shape index (κ3) is 4.71. The zero-order valence-electron chi connectivity index (χ0n) is 13.3. The average molecular weight is 325 g/mol. The normalized spacial score (nSPS) is 12.0. The van der Waals surface area contributed by atoms with Gasteiger partial charge < -0.3 is 15.1 Å². The fraction of sp³-hybridized carbons (Fsp3) is 0.158. The number of hydrogen-bond donors (Lipinski definition) is 2. The van der Waals surface area contributed by atoms with Crippen LogP contribution in [-0.2, 0) is 16.0 Å². The van der Waals surface area contributed by atoms with Crippen molar-refractivity contribution in [1.82, 2.24) is 4.90 Å². The summed E-state index contributed by atoms with van der Waals surface area (Å²) in [5.41, 5.74) is 1.59. The minimum Gasteiger partial charge on any atom is -0.508 e. The Morgan fingerprint density at radius 3 is 2.29 bits per heavy atom. The number of carbonyl (C=O) groups excluding carboxylic acids is 1. The molecule has 5 nitrogen and oxygen atoms in total. The Labute approximate surface area is 140 Å². The number of rotatable bonds is 6. The van der Waals surface area contributed by atoms with Crippen molar-refractivity contribution in [2.75, 3.05) is 7.05 Å². The summed E-state index contributed by atoms with van der Waals surface area (Å²) in [4.78, 5) is 25.0. The molecule has 0 spiro atoms. The van der Waals surface area contributed by atoms with E-state index in [0.29, 0.717) is 0 Å². The number of phenolic OH excluding ortho intramolecular Hbond substituents is 1. The van der Waals surface area contributed by atoms with Crippen LogP contribution in [0.2, 0.25) is 0 Å². The lowest BCUT2D eigenvalue weighted by Crippen LogP contribution is -2.43. The Morgan fingerprint density at radius 1 is 1.08 bits per heavy atom.